The first-order valence-electron chi connectivity index (χ1n) is 8.30. The zero-order valence-electron chi connectivity index (χ0n) is 12.5. The lowest BCUT2D eigenvalue weighted by Crippen LogP contribution is -2.37. The van der Waals surface area contributed by atoms with Crippen molar-refractivity contribution in [1.82, 2.24) is 5.32 Å². The van der Waals surface area contributed by atoms with E-state index >= 15 is 0 Å². The van der Waals surface area contributed by atoms with E-state index in [4.69, 9.17) is 0 Å². The third-order valence-corrected chi connectivity index (χ3v) is 7.04. The Morgan fingerprint density at radius 1 is 1.25 bits per heavy atom. The van der Waals surface area contributed by atoms with Crippen molar-refractivity contribution in [2.45, 2.75) is 76.8 Å². The Labute approximate surface area is 141 Å². The molecule has 1 unspecified atom stereocenters. The molecule has 0 aromatic carbocycles. The van der Waals surface area contributed by atoms with Crippen LogP contribution in [0.4, 0.5) is 0 Å². The quantitative estimate of drug-likeness (QED) is 0.638. The lowest BCUT2D eigenvalue weighted by molar-refractivity contribution is 0.256. The van der Waals surface area contributed by atoms with Gasteiger partial charge in [0.1, 0.15) is 0 Å². The summed E-state index contributed by atoms with van der Waals surface area (Å²) in [6.07, 6.45) is 12.5. The Hall–Kier alpha value is 0.390. The van der Waals surface area contributed by atoms with Gasteiger partial charge in [0.25, 0.3) is 0 Å². The van der Waals surface area contributed by atoms with E-state index in [1.54, 1.807) is 10.4 Å². The van der Waals surface area contributed by atoms with Crippen molar-refractivity contribution in [3.63, 3.8) is 0 Å². The molecule has 1 aromatic rings. The van der Waals surface area contributed by atoms with Crippen LogP contribution in [0.3, 0.4) is 0 Å². The molecule has 3 heteroatoms. The van der Waals surface area contributed by atoms with E-state index in [2.05, 4.69) is 40.9 Å². The third-order valence-electron chi connectivity index (χ3n) is 5.06. The van der Waals surface area contributed by atoms with Gasteiger partial charge in [-0.25, -0.2) is 0 Å². The van der Waals surface area contributed by atoms with Crippen LogP contribution in [0.1, 0.15) is 74.8 Å². The normalized spacial score (nSPS) is 30.2. The summed E-state index contributed by atoms with van der Waals surface area (Å²) in [7, 11) is 0. The van der Waals surface area contributed by atoms with Crippen LogP contribution in [0.5, 0.6) is 0 Å². The average Bonchev–Trinajstić information content (AvgIpc) is 2.83. The molecule has 1 saturated carbocycles. The molecule has 1 heterocycles. The van der Waals surface area contributed by atoms with Crippen molar-refractivity contribution in [3.05, 3.63) is 19.4 Å². The molecule has 0 aliphatic heterocycles. The Balaban J connectivity index is 1.57. The van der Waals surface area contributed by atoms with Gasteiger partial charge in [-0.1, -0.05) is 19.8 Å². The van der Waals surface area contributed by atoms with E-state index in [9.17, 15) is 0 Å². The molecule has 0 amide bonds. The average molecular weight is 403 g/mol. The highest BCUT2D eigenvalue weighted by Crippen LogP contribution is 2.37. The van der Waals surface area contributed by atoms with Crippen LogP contribution >= 0.6 is 33.9 Å². The van der Waals surface area contributed by atoms with E-state index in [1.807, 2.05) is 11.3 Å². The molecule has 3 rings (SSSR count). The Kier molecular flexibility index (Phi) is 5.43. The van der Waals surface area contributed by atoms with Crippen molar-refractivity contribution in [3.8, 4) is 0 Å². The number of nitrogens with one attached hydrogen (secondary N) is 1. The molecule has 2 aliphatic rings. The molecule has 1 atom stereocenters. The zero-order chi connectivity index (χ0) is 13.9. The van der Waals surface area contributed by atoms with Crippen molar-refractivity contribution in [2.75, 3.05) is 0 Å². The van der Waals surface area contributed by atoms with Gasteiger partial charge in [-0.05, 0) is 85.1 Å². The summed E-state index contributed by atoms with van der Waals surface area (Å²) in [6.45, 7) is 2.33. The smallest absolute Gasteiger partial charge is 0.0659 e. The van der Waals surface area contributed by atoms with Gasteiger partial charge in [-0.15, -0.1) is 11.3 Å². The second kappa shape index (κ2) is 7.10. The van der Waals surface area contributed by atoms with Crippen LogP contribution in [-0.4, -0.2) is 6.04 Å². The van der Waals surface area contributed by atoms with Gasteiger partial charge in [0.2, 0.25) is 0 Å². The first kappa shape index (κ1) is 15.3. The van der Waals surface area contributed by atoms with Gasteiger partial charge in [-0.3, -0.25) is 0 Å². The summed E-state index contributed by atoms with van der Waals surface area (Å²) in [5.74, 6) is 1.02. The van der Waals surface area contributed by atoms with Gasteiger partial charge in [0, 0.05) is 17.0 Å². The monoisotopic (exact) mass is 403 g/mol. The van der Waals surface area contributed by atoms with Crippen molar-refractivity contribution < 1.29 is 0 Å². The topological polar surface area (TPSA) is 12.0 Å². The second-order valence-corrected chi connectivity index (χ2v) is 9.58. The minimum Gasteiger partial charge on any atom is -0.307 e. The molecule has 112 valence electrons. The van der Waals surface area contributed by atoms with Crippen LogP contribution in [0.25, 0.3) is 0 Å². The van der Waals surface area contributed by atoms with E-state index < -0.39 is 0 Å². The molecule has 0 bridgehead atoms. The van der Waals surface area contributed by atoms with Crippen LogP contribution in [0, 0.1) is 8.80 Å². The summed E-state index contributed by atoms with van der Waals surface area (Å²) < 4.78 is 1.47. The first-order valence-corrected chi connectivity index (χ1v) is 10.2. The summed E-state index contributed by atoms with van der Waals surface area (Å²) in [5.41, 5.74) is 1.63. The summed E-state index contributed by atoms with van der Waals surface area (Å²) in [6, 6.07) is 3.85. The van der Waals surface area contributed by atoms with E-state index in [0.29, 0.717) is 6.04 Å². The number of halogens is 1. The Morgan fingerprint density at radius 2 is 2.05 bits per heavy atom. The third kappa shape index (κ3) is 3.58. The maximum Gasteiger partial charge on any atom is 0.0659 e. The predicted octanol–water partition coefficient (Wildman–Crippen LogP) is 5.68. The Morgan fingerprint density at radius 3 is 2.80 bits per heavy atom. The maximum atomic E-state index is 3.99. The standard InChI is InChI=1S/C17H26INS/c1-2-4-12-7-9-13(10-8-12)19-15-5-3-6-16-14(15)11-17(18)20-16/h11-13,15,19H,2-10H2,1H3. The lowest BCUT2D eigenvalue weighted by atomic mass is 9.82. The van der Waals surface area contributed by atoms with Gasteiger partial charge in [0.05, 0.1) is 2.88 Å². The van der Waals surface area contributed by atoms with Gasteiger partial charge in [0.15, 0.2) is 0 Å². The van der Waals surface area contributed by atoms with Crippen molar-refractivity contribution in [1.29, 1.82) is 0 Å². The molecule has 1 nitrogen and oxygen atoms in total. The summed E-state index contributed by atoms with van der Waals surface area (Å²) in [4.78, 5) is 1.65. The minimum absolute atomic E-state index is 0.645. The van der Waals surface area contributed by atoms with Gasteiger partial charge < -0.3 is 5.32 Å². The maximum absolute atomic E-state index is 3.99. The molecule has 0 saturated heterocycles. The van der Waals surface area contributed by atoms with Crippen LogP contribution in [0.15, 0.2) is 6.07 Å². The molecule has 0 spiro atoms. The fraction of sp³-hybridized carbons (Fsp3) is 0.765. The van der Waals surface area contributed by atoms with Crippen LogP contribution < -0.4 is 5.32 Å². The van der Waals surface area contributed by atoms with Crippen molar-refractivity contribution >= 4 is 33.9 Å². The fourth-order valence-electron chi connectivity index (χ4n) is 4.01. The highest BCUT2D eigenvalue weighted by Gasteiger charge is 2.27. The molecule has 2 aliphatic carbocycles. The molecular weight excluding hydrogens is 377 g/mol. The number of thiophene rings is 1. The largest absolute Gasteiger partial charge is 0.307 e. The predicted molar refractivity (Wildman–Crippen MR) is 96.5 cm³/mol. The SMILES string of the molecule is CCCC1CCC(NC2CCCc3sc(I)cc32)CC1. The van der Waals surface area contributed by atoms with E-state index in [0.717, 1.165) is 12.0 Å². The highest BCUT2D eigenvalue weighted by molar-refractivity contribution is 14.1. The van der Waals surface area contributed by atoms with Crippen LogP contribution in [0.2, 0.25) is 0 Å². The number of fused-ring (bicyclic) bond motifs is 1. The molecule has 20 heavy (non-hydrogen) atoms. The number of hydrogen-bond donors (Lipinski definition) is 1. The minimum atomic E-state index is 0.645. The number of hydrogen-bond acceptors (Lipinski definition) is 2. The highest BCUT2D eigenvalue weighted by atomic mass is 127. The first-order chi connectivity index (χ1) is 9.76. The molecule has 1 aromatic heterocycles. The molecule has 0 radical (unpaired) electrons. The van der Waals surface area contributed by atoms with E-state index in [1.165, 1.54) is 60.7 Å². The summed E-state index contributed by atoms with van der Waals surface area (Å²) in [5, 5.41) is 3.99. The summed E-state index contributed by atoms with van der Waals surface area (Å²) >= 11 is 4.49. The second-order valence-electron chi connectivity index (χ2n) is 6.55. The molecule has 1 fully saturated rings. The zero-order valence-corrected chi connectivity index (χ0v) is 15.4. The number of aryl methyl sites for hydroxylation is 1. The lowest BCUT2D eigenvalue weighted by Gasteiger charge is -2.33. The van der Waals surface area contributed by atoms with Crippen LogP contribution in [-0.2, 0) is 6.42 Å². The van der Waals surface area contributed by atoms with Crippen molar-refractivity contribution in [2.24, 2.45) is 5.92 Å². The van der Waals surface area contributed by atoms with Gasteiger partial charge >= 0.3 is 0 Å². The van der Waals surface area contributed by atoms with Gasteiger partial charge in [-0.2, -0.15) is 0 Å². The molecular formula is C17H26INS. The number of rotatable bonds is 4. The fourth-order valence-corrected chi connectivity index (χ4v) is 6.12. The molecule has 1 N–H and O–H groups in total. The van der Waals surface area contributed by atoms with E-state index in [-0.39, 0.29) is 0 Å². The Bertz CT molecular complexity index is 434.